The fourth-order valence-corrected chi connectivity index (χ4v) is 3.34. The summed E-state index contributed by atoms with van der Waals surface area (Å²) in [5.74, 6) is -0.378. The van der Waals surface area contributed by atoms with E-state index < -0.39 is 0 Å². The lowest BCUT2D eigenvalue weighted by atomic mass is 10.00. The fraction of sp³-hybridized carbons (Fsp3) is 0.333. The highest BCUT2D eigenvalue weighted by Crippen LogP contribution is 2.26. The molecule has 1 aliphatic rings. The molecule has 0 saturated heterocycles. The molecule has 27 heavy (non-hydrogen) atoms. The van der Waals surface area contributed by atoms with Crippen LogP contribution < -0.4 is 16.4 Å². The van der Waals surface area contributed by atoms with Gasteiger partial charge in [-0.15, -0.1) is 0 Å². The van der Waals surface area contributed by atoms with Crippen molar-refractivity contribution in [2.24, 2.45) is 11.7 Å². The molecule has 0 bridgehead atoms. The number of anilines is 1. The summed E-state index contributed by atoms with van der Waals surface area (Å²) >= 11 is 0. The molecule has 4 N–H and O–H groups in total. The van der Waals surface area contributed by atoms with Crippen LogP contribution in [0, 0.1) is 11.7 Å². The highest BCUT2D eigenvalue weighted by molar-refractivity contribution is 6.04. The molecule has 0 unspecified atom stereocenters. The molecule has 2 aromatic carbocycles. The van der Waals surface area contributed by atoms with Crippen molar-refractivity contribution in [2.75, 3.05) is 5.32 Å². The Hall–Kier alpha value is -2.73. The van der Waals surface area contributed by atoms with Gasteiger partial charge < -0.3 is 16.4 Å². The van der Waals surface area contributed by atoms with E-state index in [1.807, 2.05) is 12.1 Å². The Morgan fingerprint density at radius 3 is 2.37 bits per heavy atom. The van der Waals surface area contributed by atoms with Crippen LogP contribution in [0.2, 0.25) is 0 Å². The third-order valence-corrected chi connectivity index (χ3v) is 4.97. The van der Waals surface area contributed by atoms with Gasteiger partial charge in [-0.3, -0.25) is 9.59 Å². The molecule has 5 nitrogen and oxygen atoms in total. The van der Waals surface area contributed by atoms with Crippen LogP contribution in [0.5, 0.6) is 0 Å². The molecule has 0 aromatic heterocycles. The lowest BCUT2D eigenvalue weighted by Crippen LogP contribution is -2.31. The Bertz CT molecular complexity index is 790. The second kappa shape index (κ2) is 8.77. The maximum absolute atomic E-state index is 12.9. The molecular formula is C21H24FN3O2. The van der Waals surface area contributed by atoms with E-state index in [9.17, 15) is 14.0 Å². The van der Waals surface area contributed by atoms with Gasteiger partial charge in [-0.25, -0.2) is 4.39 Å². The average Bonchev–Trinajstić information content (AvgIpc) is 3.06. The maximum atomic E-state index is 12.9. The molecule has 3 rings (SSSR count). The van der Waals surface area contributed by atoms with E-state index in [1.54, 1.807) is 12.1 Å². The molecular weight excluding hydrogens is 345 g/mol. The number of benzene rings is 2. The quantitative estimate of drug-likeness (QED) is 0.731. The Labute approximate surface area is 158 Å². The number of nitrogens with two attached hydrogens (primary N) is 1. The lowest BCUT2D eigenvalue weighted by Gasteiger charge is -2.14. The second-order valence-electron chi connectivity index (χ2n) is 6.99. The van der Waals surface area contributed by atoms with Crippen LogP contribution >= 0.6 is 0 Å². The molecule has 0 spiro atoms. The van der Waals surface area contributed by atoms with Crippen molar-refractivity contribution in [3.63, 3.8) is 0 Å². The number of carbonyl (C=O) groups excluding carboxylic acids is 2. The van der Waals surface area contributed by atoms with Crippen molar-refractivity contribution in [1.29, 1.82) is 0 Å². The van der Waals surface area contributed by atoms with Crippen LogP contribution in [-0.2, 0) is 11.3 Å². The van der Waals surface area contributed by atoms with Crippen molar-refractivity contribution in [1.82, 2.24) is 5.32 Å². The zero-order chi connectivity index (χ0) is 19.2. The summed E-state index contributed by atoms with van der Waals surface area (Å²) in [6.45, 7) is 0.437. The van der Waals surface area contributed by atoms with E-state index in [0.717, 1.165) is 24.8 Å². The predicted molar refractivity (Wildman–Crippen MR) is 103 cm³/mol. The molecule has 6 heteroatoms. The van der Waals surface area contributed by atoms with Gasteiger partial charge in [-0.1, -0.05) is 18.6 Å². The Morgan fingerprint density at radius 2 is 1.74 bits per heavy atom. The highest BCUT2D eigenvalue weighted by Gasteiger charge is 2.25. The number of carbonyl (C=O) groups is 2. The minimum atomic E-state index is -0.382. The summed E-state index contributed by atoms with van der Waals surface area (Å²) in [5.41, 5.74) is 7.97. The lowest BCUT2D eigenvalue weighted by molar-refractivity contribution is -0.122. The Kier molecular flexibility index (Phi) is 6.19. The maximum Gasteiger partial charge on any atom is 0.255 e. The van der Waals surface area contributed by atoms with Gasteiger partial charge in [0.05, 0.1) is 0 Å². The number of rotatable bonds is 6. The molecule has 1 fully saturated rings. The van der Waals surface area contributed by atoms with Crippen molar-refractivity contribution in [3.8, 4) is 0 Å². The standard InChI is InChI=1S/C21H24FN3O2/c22-17-8-6-15(7-9-17)21(27)25-18-10-4-14(5-11-18)13-24-20(26)12-16-2-1-3-19(16)23/h4-11,16,19H,1-3,12-13,23H2,(H,24,26)(H,25,27)/t16-,19+/m0/s1. The number of halogens is 1. The van der Waals surface area contributed by atoms with E-state index in [4.69, 9.17) is 5.73 Å². The smallest absolute Gasteiger partial charge is 0.255 e. The molecule has 1 saturated carbocycles. The van der Waals surface area contributed by atoms with Crippen molar-refractivity contribution >= 4 is 17.5 Å². The monoisotopic (exact) mass is 369 g/mol. The van der Waals surface area contributed by atoms with Crippen molar-refractivity contribution in [2.45, 2.75) is 38.3 Å². The van der Waals surface area contributed by atoms with E-state index in [0.29, 0.717) is 24.2 Å². The van der Waals surface area contributed by atoms with E-state index in [1.165, 1.54) is 24.3 Å². The number of hydrogen-bond acceptors (Lipinski definition) is 3. The summed E-state index contributed by atoms with van der Waals surface area (Å²) in [7, 11) is 0. The molecule has 2 amide bonds. The molecule has 142 valence electrons. The van der Waals surface area contributed by atoms with Crippen LogP contribution in [0.25, 0.3) is 0 Å². The van der Waals surface area contributed by atoms with Gasteiger partial charge >= 0.3 is 0 Å². The molecule has 1 aliphatic carbocycles. The number of nitrogens with one attached hydrogen (secondary N) is 2. The first-order valence-electron chi connectivity index (χ1n) is 9.19. The first-order chi connectivity index (χ1) is 13.0. The number of hydrogen-bond donors (Lipinski definition) is 3. The normalized spacial score (nSPS) is 18.9. The number of amides is 2. The molecule has 2 aromatic rings. The minimum absolute atomic E-state index is 0.0195. The van der Waals surface area contributed by atoms with Crippen LogP contribution in [0.3, 0.4) is 0 Å². The van der Waals surface area contributed by atoms with Gasteiger partial charge in [0.25, 0.3) is 5.91 Å². The van der Waals surface area contributed by atoms with Crippen LogP contribution in [0.1, 0.15) is 41.6 Å². The van der Waals surface area contributed by atoms with Gasteiger partial charge in [0.2, 0.25) is 5.91 Å². The predicted octanol–water partition coefficient (Wildman–Crippen LogP) is 3.21. The van der Waals surface area contributed by atoms with Crippen LogP contribution in [0.4, 0.5) is 10.1 Å². The average molecular weight is 369 g/mol. The first kappa shape index (κ1) is 19.0. The SMILES string of the molecule is N[C@@H]1CCC[C@H]1CC(=O)NCc1ccc(NC(=O)c2ccc(F)cc2)cc1. The Balaban J connectivity index is 1.47. The van der Waals surface area contributed by atoms with Crippen molar-refractivity contribution < 1.29 is 14.0 Å². The molecule has 0 radical (unpaired) electrons. The summed E-state index contributed by atoms with van der Waals surface area (Å²) in [4.78, 5) is 24.2. The zero-order valence-electron chi connectivity index (χ0n) is 15.1. The van der Waals surface area contributed by atoms with Crippen LogP contribution in [-0.4, -0.2) is 17.9 Å². The third-order valence-electron chi connectivity index (χ3n) is 4.97. The molecule has 0 heterocycles. The summed E-state index contributed by atoms with van der Waals surface area (Å²) in [6.07, 6.45) is 3.61. The highest BCUT2D eigenvalue weighted by atomic mass is 19.1. The second-order valence-corrected chi connectivity index (χ2v) is 6.99. The summed E-state index contributed by atoms with van der Waals surface area (Å²) in [6, 6.07) is 12.8. The summed E-state index contributed by atoms with van der Waals surface area (Å²) in [5, 5.41) is 5.68. The Morgan fingerprint density at radius 1 is 1.04 bits per heavy atom. The molecule has 2 atom stereocenters. The van der Waals surface area contributed by atoms with Crippen LogP contribution in [0.15, 0.2) is 48.5 Å². The zero-order valence-corrected chi connectivity index (χ0v) is 15.1. The van der Waals surface area contributed by atoms with E-state index in [2.05, 4.69) is 10.6 Å². The van der Waals surface area contributed by atoms with Gasteiger partial charge in [-0.05, 0) is 60.7 Å². The van der Waals surface area contributed by atoms with Gasteiger partial charge in [0, 0.05) is 30.3 Å². The first-order valence-corrected chi connectivity index (χ1v) is 9.19. The van der Waals surface area contributed by atoms with Crippen molar-refractivity contribution in [3.05, 3.63) is 65.5 Å². The van der Waals surface area contributed by atoms with E-state index in [-0.39, 0.29) is 29.6 Å². The van der Waals surface area contributed by atoms with E-state index >= 15 is 0 Å². The third kappa shape index (κ3) is 5.37. The fourth-order valence-electron chi connectivity index (χ4n) is 3.34. The van der Waals surface area contributed by atoms with Gasteiger partial charge in [0.1, 0.15) is 5.82 Å². The topological polar surface area (TPSA) is 84.2 Å². The van der Waals surface area contributed by atoms with Gasteiger partial charge in [-0.2, -0.15) is 0 Å². The minimum Gasteiger partial charge on any atom is -0.352 e. The largest absolute Gasteiger partial charge is 0.352 e. The van der Waals surface area contributed by atoms with Gasteiger partial charge in [0.15, 0.2) is 0 Å². The molecule has 0 aliphatic heterocycles. The summed E-state index contributed by atoms with van der Waals surface area (Å²) < 4.78 is 12.9.